The van der Waals surface area contributed by atoms with Crippen LogP contribution in [-0.2, 0) is 16.8 Å². The number of carbonyl (C=O) groups is 1. The van der Waals surface area contributed by atoms with Crippen molar-refractivity contribution >= 4 is 29.2 Å². The molecule has 0 spiro atoms. The standard InChI is InChI=1S/C29H23Cl2NO4/c30-22-5-3-6-23(31)25(22)26-21(27(36-32-26)18-8-9-18)16-35-24-7-2-1-4-20(24)17-10-12-19(13-11-17)29(14-15-29)28(33)34/h1-7,10-13,18H,8-9,14-16H2,(H,33,34). The van der Waals surface area contributed by atoms with Gasteiger partial charge in [0.25, 0.3) is 0 Å². The van der Waals surface area contributed by atoms with E-state index in [-0.39, 0.29) is 6.61 Å². The smallest absolute Gasteiger partial charge is 0.314 e. The van der Waals surface area contributed by atoms with Crippen molar-refractivity contribution in [2.45, 2.75) is 43.6 Å². The molecule has 1 N–H and O–H groups in total. The average Bonchev–Trinajstić information content (AvgIpc) is 3.81. The van der Waals surface area contributed by atoms with E-state index in [0.717, 1.165) is 40.9 Å². The Morgan fingerprint density at radius 3 is 2.33 bits per heavy atom. The maximum absolute atomic E-state index is 11.7. The van der Waals surface area contributed by atoms with E-state index in [4.69, 9.17) is 32.5 Å². The van der Waals surface area contributed by atoms with E-state index in [2.05, 4.69) is 5.16 Å². The number of rotatable bonds is 8. The number of hydrogen-bond donors (Lipinski definition) is 1. The maximum Gasteiger partial charge on any atom is 0.314 e. The zero-order valence-corrected chi connectivity index (χ0v) is 20.9. The third kappa shape index (κ3) is 4.06. The minimum Gasteiger partial charge on any atom is -0.488 e. The molecule has 3 aromatic carbocycles. The number of para-hydroxylation sites is 1. The molecule has 2 fully saturated rings. The third-order valence-corrected chi connectivity index (χ3v) is 7.76. The Morgan fingerprint density at radius 1 is 1.00 bits per heavy atom. The number of carboxylic acid groups (broad SMARTS) is 1. The van der Waals surface area contributed by atoms with Crippen LogP contribution in [0.5, 0.6) is 5.75 Å². The van der Waals surface area contributed by atoms with Gasteiger partial charge in [-0.15, -0.1) is 0 Å². The van der Waals surface area contributed by atoms with E-state index in [1.54, 1.807) is 18.2 Å². The first-order chi connectivity index (χ1) is 17.5. The van der Waals surface area contributed by atoms with Crippen LogP contribution in [0.25, 0.3) is 22.4 Å². The highest BCUT2D eigenvalue weighted by Crippen LogP contribution is 2.49. The molecular formula is C29H23Cl2NO4. The van der Waals surface area contributed by atoms with Crippen molar-refractivity contribution in [2.75, 3.05) is 0 Å². The lowest BCUT2D eigenvalue weighted by atomic mass is 9.93. The highest BCUT2D eigenvalue weighted by molar-refractivity contribution is 6.39. The van der Waals surface area contributed by atoms with E-state index < -0.39 is 11.4 Å². The molecule has 2 aliphatic rings. The summed E-state index contributed by atoms with van der Waals surface area (Å²) in [6.45, 7) is 0.253. The van der Waals surface area contributed by atoms with Crippen molar-refractivity contribution in [3.8, 4) is 28.1 Å². The molecule has 4 aromatic rings. The van der Waals surface area contributed by atoms with Gasteiger partial charge in [0.1, 0.15) is 23.8 Å². The molecule has 2 saturated carbocycles. The molecule has 7 heteroatoms. The average molecular weight is 520 g/mol. The van der Waals surface area contributed by atoms with Crippen molar-refractivity contribution in [3.05, 3.63) is 93.7 Å². The lowest BCUT2D eigenvalue weighted by Gasteiger charge is -2.14. The summed E-state index contributed by atoms with van der Waals surface area (Å²) in [7, 11) is 0. The number of halogens is 2. The fourth-order valence-corrected chi connectivity index (χ4v) is 5.33. The number of carboxylic acids is 1. The van der Waals surface area contributed by atoms with Gasteiger partial charge in [-0.3, -0.25) is 4.79 Å². The van der Waals surface area contributed by atoms with Crippen molar-refractivity contribution in [1.29, 1.82) is 0 Å². The molecule has 0 aliphatic heterocycles. The predicted octanol–water partition coefficient (Wildman–Crippen LogP) is 7.89. The van der Waals surface area contributed by atoms with Gasteiger partial charge in [0.2, 0.25) is 0 Å². The largest absolute Gasteiger partial charge is 0.488 e. The normalized spacial score (nSPS) is 16.1. The van der Waals surface area contributed by atoms with Crippen LogP contribution in [0, 0.1) is 0 Å². The van der Waals surface area contributed by atoms with Crippen LogP contribution in [0.2, 0.25) is 10.0 Å². The van der Waals surface area contributed by atoms with Gasteiger partial charge in [0, 0.05) is 17.0 Å². The van der Waals surface area contributed by atoms with Crippen LogP contribution in [0.1, 0.15) is 48.5 Å². The summed E-state index contributed by atoms with van der Waals surface area (Å²) in [6, 6.07) is 20.9. The lowest BCUT2D eigenvalue weighted by Crippen LogP contribution is -2.19. The first-order valence-electron chi connectivity index (χ1n) is 12.0. The number of ether oxygens (including phenoxy) is 1. The van der Waals surface area contributed by atoms with Crippen molar-refractivity contribution in [3.63, 3.8) is 0 Å². The van der Waals surface area contributed by atoms with Crippen LogP contribution >= 0.6 is 23.2 Å². The Balaban J connectivity index is 1.31. The van der Waals surface area contributed by atoms with Gasteiger partial charge in [0.15, 0.2) is 0 Å². The summed E-state index contributed by atoms with van der Waals surface area (Å²) in [5.74, 6) is 1.11. The second kappa shape index (κ2) is 8.99. The molecule has 0 saturated heterocycles. The molecule has 0 atom stereocenters. The van der Waals surface area contributed by atoms with Crippen LogP contribution < -0.4 is 4.74 Å². The van der Waals surface area contributed by atoms with E-state index in [1.165, 1.54) is 0 Å². The van der Waals surface area contributed by atoms with Crippen LogP contribution in [-0.4, -0.2) is 16.2 Å². The molecule has 36 heavy (non-hydrogen) atoms. The lowest BCUT2D eigenvalue weighted by molar-refractivity contribution is -0.140. The SMILES string of the molecule is O=C(O)C1(c2ccc(-c3ccccc3OCc3c(-c4c(Cl)cccc4Cl)noc3C3CC3)cc2)CC1. The van der Waals surface area contributed by atoms with Gasteiger partial charge in [-0.1, -0.05) is 76.9 Å². The second-order valence-electron chi connectivity index (χ2n) is 9.49. The second-order valence-corrected chi connectivity index (χ2v) is 10.3. The highest BCUT2D eigenvalue weighted by atomic mass is 35.5. The van der Waals surface area contributed by atoms with Gasteiger partial charge >= 0.3 is 5.97 Å². The Kier molecular flexibility index (Phi) is 5.78. The van der Waals surface area contributed by atoms with Gasteiger partial charge in [-0.2, -0.15) is 0 Å². The zero-order chi connectivity index (χ0) is 24.9. The third-order valence-electron chi connectivity index (χ3n) is 7.13. The van der Waals surface area contributed by atoms with E-state index in [9.17, 15) is 9.90 Å². The topological polar surface area (TPSA) is 72.6 Å². The molecule has 6 rings (SSSR count). The summed E-state index contributed by atoms with van der Waals surface area (Å²) >= 11 is 13.0. The minimum atomic E-state index is -0.756. The Hall–Kier alpha value is -3.28. The Labute approximate surface area is 218 Å². The van der Waals surface area contributed by atoms with Crippen LogP contribution in [0.3, 0.4) is 0 Å². The first kappa shape index (κ1) is 23.1. The summed E-state index contributed by atoms with van der Waals surface area (Å²) < 4.78 is 12.1. The van der Waals surface area contributed by atoms with Crippen molar-refractivity contribution in [1.82, 2.24) is 5.16 Å². The molecule has 5 nitrogen and oxygen atoms in total. The Bertz CT molecular complexity index is 1430. The molecule has 2 aliphatic carbocycles. The maximum atomic E-state index is 11.7. The number of aliphatic carboxylic acids is 1. The quantitative estimate of drug-likeness (QED) is 0.256. The monoisotopic (exact) mass is 519 g/mol. The van der Waals surface area contributed by atoms with Crippen molar-refractivity contribution < 1.29 is 19.2 Å². The molecule has 0 unspecified atom stereocenters. The molecule has 1 heterocycles. The van der Waals surface area contributed by atoms with Gasteiger partial charge in [0.05, 0.1) is 21.0 Å². The summed E-state index contributed by atoms with van der Waals surface area (Å²) in [5.41, 5.74) is 4.11. The fourth-order valence-electron chi connectivity index (χ4n) is 4.75. The van der Waals surface area contributed by atoms with Crippen molar-refractivity contribution in [2.24, 2.45) is 0 Å². The fraction of sp³-hybridized carbons (Fsp3) is 0.241. The summed E-state index contributed by atoms with van der Waals surface area (Å²) in [5, 5.41) is 15.0. The number of nitrogens with zero attached hydrogens (tertiary/aromatic N) is 1. The molecule has 182 valence electrons. The van der Waals surface area contributed by atoms with Gasteiger partial charge in [-0.05, 0) is 55.0 Å². The molecule has 0 radical (unpaired) electrons. The van der Waals surface area contributed by atoms with Crippen LogP contribution in [0.15, 0.2) is 71.3 Å². The molecule has 0 bridgehead atoms. The minimum absolute atomic E-state index is 0.253. The summed E-state index contributed by atoms with van der Waals surface area (Å²) in [4.78, 5) is 11.7. The van der Waals surface area contributed by atoms with E-state index in [1.807, 2.05) is 48.5 Å². The number of benzene rings is 3. The molecular weight excluding hydrogens is 497 g/mol. The van der Waals surface area contributed by atoms with E-state index in [0.29, 0.717) is 45.8 Å². The van der Waals surface area contributed by atoms with Gasteiger partial charge < -0.3 is 14.4 Å². The summed E-state index contributed by atoms with van der Waals surface area (Å²) in [6.07, 6.45) is 3.47. The van der Waals surface area contributed by atoms with Crippen LogP contribution in [0.4, 0.5) is 0 Å². The molecule has 0 amide bonds. The Morgan fingerprint density at radius 2 is 1.69 bits per heavy atom. The number of hydrogen-bond acceptors (Lipinski definition) is 4. The van der Waals surface area contributed by atoms with E-state index >= 15 is 0 Å². The highest BCUT2D eigenvalue weighted by Gasteiger charge is 2.51. The zero-order valence-electron chi connectivity index (χ0n) is 19.3. The predicted molar refractivity (Wildman–Crippen MR) is 139 cm³/mol. The first-order valence-corrected chi connectivity index (χ1v) is 12.7. The number of aromatic nitrogens is 1. The molecule has 1 aromatic heterocycles. The van der Waals surface area contributed by atoms with Gasteiger partial charge in [-0.25, -0.2) is 0 Å².